The Morgan fingerprint density at radius 2 is 1.73 bits per heavy atom. The molecule has 0 fully saturated rings. The number of aromatic nitrogens is 1. The average Bonchev–Trinajstić information content (AvgIpc) is 3.02. The maximum Gasteiger partial charge on any atom is 0.224 e. The van der Waals surface area contributed by atoms with Gasteiger partial charge in [-0.15, -0.1) is 0 Å². The van der Waals surface area contributed by atoms with Crippen LogP contribution in [0.25, 0.3) is 10.9 Å². The Labute approximate surface area is 156 Å². The lowest BCUT2D eigenvalue weighted by Gasteiger charge is -2.21. The van der Waals surface area contributed by atoms with Crippen LogP contribution in [-0.4, -0.2) is 34.4 Å². The van der Waals surface area contributed by atoms with Gasteiger partial charge in [-0.05, 0) is 43.5 Å². The van der Waals surface area contributed by atoms with E-state index in [0.29, 0.717) is 0 Å². The summed E-state index contributed by atoms with van der Waals surface area (Å²) >= 11 is 0. The monoisotopic (exact) mass is 357 g/mol. The van der Waals surface area contributed by atoms with Gasteiger partial charge < -0.3 is 14.8 Å². The van der Waals surface area contributed by atoms with Crippen molar-refractivity contribution in [1.82, 2.24) is 9.47 Å². The van der Waals surface area contributed by atoms with Crippen LogP contribution in [0.5, 0.6) is 0 Å². The Morgan fingerprint density at radius 3 is 2.38 bits per heavy atom. The average molecular weight is 357 g/mol. The summed E-state index contributed by atoms with van der Waals surface area (Å²) in [5.41, 5.74) is 1.96. The summed E-state index contributed by atoms with van der Waals surface area (Å²) in [7, 11) is 0. The van der Waals surface area contributed by atoms with Crippen molar-refractivity contribution in [3.8, 4) is 0 Å². The number of nitrogens with one attached hydrogen (secondary N) is 1. The van der Waals surface area contributed by atoms with E-state index in [1.807, 2.05) is 23.1 Å². The predicted octanol–water partition coefficient (Wildman–Crippen LogP) is 4.42. The molecule has 26 heavy (non-hydrogen) atoms. The van der Waals surface area contributed by atoms with Crippen LogP contribution in [-0.2, 0) is 16.1 Å². The Kier molecular flexibility index (Phi) is 7.70. The fraction of sp³-hybridized carbons (Fsp3) is 0.524. The molecule has 0 saturated carbocycles. The lowest BCUT2D eigenvalue weighted by molar-refractivity contribution is -0.132. The minimum absolute atomic E-state index is 0.0657. The van der Waals surface area contributed by atoms with E-state index in [2.05, 4.69) is 42.9 Å². The quantitative estimate of drug-likeness (QED) is 0.684. The molecule has 1 aromatic heterocycles. The normalized spacial score (nSPS) is 10.9. The molecule has 1 heterocycles. The molecular formula is C21H31N3O2. The van der Waals surface area contributed by atoms with Gasteiger partial charge in [0, 0.05) is 55.3 Å². The molecule has 0 aliphatic carbocycles. The summed E-state index contributed by atoms with van der Waals surface area (Å²) in [6.45, 7) is 8.80. The van der Waals surface area contributed by atoms with Gasteiger partial charge in [-0.25, -0.2) is 0 Å². The fourth-order valence-corrected chi connectivity index (χ4v) is 3.22. The molecule has 5 heteroatoms. The second kappa shape index (κ2) is 10.00. The number of carbonyl (C=O) groups is 2. The summed E-state index contributed by atoms with van der Waals surface area (Å²) in [4.78, 5) is 26.3. The Hall–Kier alpha value is -2.30. The van der Waals surface area contributed by atoms with Gasteiger partial charge in [0.25, 0.3) is 0 Å². The fourth-order valence-electron chi connectivity index (χ4n) is 3.22. The third kappa shape index (κ3) is 5.35. The van der Waals surface area contributed by atoms with Crippen molar-refractivity contribution in [2.45, 2.75) is 59.4 Å². The molecule has 2 aromatic rings. The van der Waals surface area contributed by atoms with E-state index in [-0.39, 0.29) is 24.7 Å². The molecule has 0 bridgehead atoms. The standard InChI is InChI=1S/C21H31N3O2/c1-4-12-23-15-11-17-16-18(7-8-19(17)23)22-20(25)9-10-21(26)24(13-5-2)14-6-3/h7-8,11,15-16H,4-6,9-10,12-14H2,1-3H3,(H,22,25). The maximum atomic E-state index is 12.3. The number of benzene rings is 1. The minimum Gasteiger partial charge on any atom is -0.347 e. The Morgan fingerprint density at radius 1 is 1.00 bits per heavy atom. The van der Waals surface area contributed by atoms with Crippen molar-refractivity contribution in [2.75, 3.05) is 18.4 Å². The van der Waals surface area contributed by atoms with E-state index in [9.17, 15) is 9.59 Å². The van der Waals surface area contributed by atoms with E-state index in [1.54, 1.807) is 0 Å². The van der Waals surface area contributed by atoms with Gasteiger partial charge in [0.15, 0.2) is 0 Å². The van der Waals surface area contributed by atoms with Crippen molar-refractivity contribution < 1.29 is 9.59 Å². The predicted molar refractivity (Wildman–Crippen MR) is 107 cm³/mol. The number of aryl methyl sites for hydroxylation is 1. The van der Waals surface area contributed by atoms with Crippen molar-refractivity contribution in [2.24, 2.45) is 0 Å². The molecule has 5 nitrogen and oxygen atoms in total. The number of rotatable bonds is 10. The largest absolute Gasteiger partial charge is 0.347 e. The molecule has 0 radical (unpaired) electrons. The number of fused-ring (bicyclic) bond motifs is 1. The molecule has 0 unspecified atom stereocenters. The van der Waals surface area contributed by atoms with Crippen LogP contribution >= 0.6 is 0 Å². The first-order valence-electron chi connectivity index (χ1n) is 9.75. The van der Waals surface area contributed by atoms with Crippen molar-refractivity contribution in [3.63, 3.8) is 0 Å². The first-order chi connectivity index (χ1) is 12.6. The summed E-state index contributed by atoms with van der Waals surface area (Å²) in [5.74, 6) is -0.0467. The lowest BCUT2D eigenvalue weighted by Crippen LogP contribution is -2.33. The topological polar surface area (TPSA) is 54.3 Å². The third-order valence-electron chi connectivity index (χ3n) is 4.42. The molecule has 0 aliphatic rings. The van der Waals surface area contributed by atoms with Crippen LogP contribution in [0.4, 0.5) is 5.69 Å². The molecule has 0 atom stereocenters. The van der Waals surface area contributed by atoms with E-state index in [4.69, 9.17) is 0 Å². The van der Waals surface area contributed by atoms with Gasteiger partial charge in [-0.2, -0.15) is 0 Å². The van der Waals surface area contributed by atoms with Crippen molar-refractivity contribution in [3.05, 3.63) is 30.5 Å². The Balaban J connectivity index is 1.91. The van der Waals surface area contributed by atoms with Crippen LogP contribution in [0.15, 0.2) is 30.5 Å². The number of hydrogen-bond acceptors (Lipinski definition) is 2. The van der Waals surface area contributed by atoms with Gasteiger partial charge >= 0.3 is 0 Å². The van der Waals surface area contributed by atoms with Gasteiger partial charge in [-0.3, -0.25) is 9.59 Å². The summed E-state index contributed by atoms with van der Waals surface area (Å²) in [6, 6.07) is 8.02. The minimum atomic E-state index is -0.112. The number of nitrogens with zero attached hydrogens (tertiary/aromatic N) is 2. The molecule has 0 aliphatic heterocycles. The molecule has 0 spiro atoms. The maximum absolute atomic E-state index is 12.3. The molecule has 1 N–H and O–H groups in total. The zero-order valence-corrected chi connectivity index (χ0v) is 16.3. The lowest BCUT2D eigenvalue weighted by atomic mass is 10.2. The molecule has 142 valence electrons. The smallest absolute Gasteiger partial charge is 0.224 e. The zero-order valence-electron chi connectivity index (χ0n) is 16.3. The number of carbonyl (C=O) groups excluding carboxylic acids is 2. The first-order valence-corrected chi connectivity index (χ1v) is 9.75. The second-order valence-corrected chi connectivity index (χ2v) is 6.71. The summed E-state index contributed by atoms with van der Waals surface area (Å²) in [6.07, 6.45) is 5.53. The highest BCUT2D eigenvalue weighted by atomic mass is 16.2. The highest BCUT2D eigenvalue weighted by Crippen LogP contribution is 2.21. The van der Waals surface area contributed by atoms with E-state index < -0.39 is 0 Å². The Bertz CT molecular complexity index is 730. The molecular weight excluding hydrogens is 326 g/mol. The number of amides is 2. The van der Waals surface area contributed by atoms with E-state index in [0.717, 1.165) is 50.0 Å². The van der Waals surface area contributed by atoms with Crippen LogP contribution < -0.4 is 5.32 Å². The van der Waals surface area contributed by atoms with Crippen LogP contribution in [0.1, 0.15) is 52.9 Å². The van der Waals surface area contributed by atoms with E-state index in [1.165, 1.54) is 5.52 Å². The van der Waals surface area contributed by atoms with E-state index >= 15 is 0 Å². The van der Waals surface area contributed by atoms with Crippen LogP contribution in [0.2, 0.25) is 0 Å². The van der Waals surface area contributed by atoms with Gasteiger partial charge in [0.1, 0.15) is 0 Å². The SMILES string of the molecule is CCCN(CCC)C(=O)CCC(=O)Nc1ccc2c(ccn2CCC)c1. The summed E-state index contributed by atoms with van der Waals surface area (Å²) in [5, 5.41) is 4.03. The number of anilines is 1. The zero-order chi connectivity index (χ0) is 18.9. The van der Waals surface area contributed by atoms with Gasteiger partial charge in [0.2, 0.25) is 11.8 Å². The molecule has 0 saturated heterocycles. The summed E-state index contributed by atoms with van der Waals surface area (Å²) < 4.78 is 2.22. The van der Waals surface area contributed by atoms with Gasteiger partial charge in [-0.1, -0.05) is 20.8 Å². The molecule has 2 amide bonds. The van der Waals surface area contributed by atoms with Crippen molar-refractivity contribution in [1.29, 1.82) is 0 Å². The van der Waals surface area contributed by atoms with Crippen LogP contribution in [0.3, 0.4) is 0 Å². The van der Waals surface area contributed by atoms with Gasteiger partial charge in [0.05, 0.1) is 0 Å². The second-order valence-electron chi connectivity index (χ2n) is 6.71. The van der Waals surface area contributed by atoms with Crippen molar-refractivity contribution >= 4 is 28.4 Å². The third-order valence-corrected chi connectivity index (χ3v) is 4.42. The molecule has 1 aromatic carbocycles. The highest BCUT2D eigenvalue weighted by Gasteiger charge is 2.14. The number of hydrogen-bond donors (Lipinski definition) is 1. The first kappa shape index (κ1) is 20.0. The highest BCUT2D eigenvalue weighted by molar-refractivity contribution is 5.95. The van der Waals surface area contributed by atoms with Crippen LogP contribution in [0, 0.1) is 0 Å². The molecule has 2 rings (SSSR count).